The smallest absolute Gasteiger partial charge is 0.00136 e. The Kier molecular flexibility index (Phi) is 2.87. The minimum atomic E-state index is 0.322. The molecule has 1 aliphatic rings. The molecule has 0 bridgehead atoms. The van der Waals surface area contributed by atoms with E-state index in [0.29, 0.717) is 6.04 Å². The van der Waals surface area contributed by atoms with E-state index >= 15 is 0 Å². The lowest BCUT2D eigenvalue weighted by atomic mass is 10.0. The van der Waals surface area contributed by atoms with Crippen molar-refractivity contribution in [3.05, 3.63) is 34.9 Å². The molecular weight excluding hydrogens is 170 g/mol. The molecule has 0 heterocycles. The fraction of sp³-hybridized carbons (Fsp3) is 0.538. The number of hydrogen-bond acceptors (Lipinski definition) is 1. The predicted octanol–water partition coefficient (Wildman–Crippen LogP) is 2.46. The molecule has 0 fully saturated rings. The van der Waals surface area contributed by atoms with Gasteiger partial charge in [-0.15, -0.1) is 0 Å². The Bertz CT molecular complexity index is 315. The van der Waals surface area contributed by atoms with Gasteiger partial charge < -0.3 is 5.73 Å². The highest BCUT2D eigenvalue weighted by atomic mass is 14.6. The summed E-state index contributed by atoms with van der Waals surface area (Å²) in [6.07, 6.45) is 6.13. The van der Waals surface area contributed by atoms with Crippen LogP contribution in [0.4, 0.5) is 0 Å². The van der Waals surface area contributed by atoms with Crippen LogP contribution in [0.15, 0.2) is 18.2 Å². The summed E-state index contributed by atoms with van der Waals surface area (Å²) < 4.78 is 0. The molecule has 0 saturated carbocycles. The van der Waals surface area contributed by atoms with Crippen molar-refractivity contribution in [3.63, 3.8) is 0 Å². The van der Waals surface area contributed by atoms with Gasteiger partial charge in [-0.05, 0) is 55.7 Å². The molecule has 14 heavy (non-hydrogen) atoms. The van der Waals surface area contributed by atoms with Crippen LogP contribution in [0, 0.1) is 0 Å². The number of rotatable bonds is 3. The molecular formula is C13H19N. The van der Waals surface area contributed by atoms with E-state index in [1.807, 2.05) is 0 Å². The van der Waals surface area contributed by atoms with E-state index in [-0.39, 0.29) is 0 Å². The maximum absolute atomic E-state index is 5.75. The number of aryl methyl sites for hydroxylation is 3. The van der Waals surface area contributed by atoms with E-state index in [4.69, 9.17) is 5.73 Å². The zero-order valence-electron chi connectivity index (χ0n) is 8.92. The van der Waals surface area contributed by atoms with Crippen LogP contribution in [0.3, 0.4) is 0 Å². The Labute approximate surface area is 86.3 Å². The summed E-state index contributed by atoms with van der Waals surface area (Å²) in [6.45, 7) is 2.08. The topological polar surface area (TPSA) is 26.0 Å². The summed E-state index contributed by atoms with van der Waals surface area (Å²) in [5.74, 6) is 0. The van der Waals surface area contributed by atoms with Gasteiger partial charge in [0.15, 0.2) is 0 Å². The molecule has 1 heteroatoms. The minimum Gasteiger partial charge on any atom is -0.328 e. The molecule has 1 unspecified atom stereocenters. The maximum atomic E-state index is 5.75. The van der Waals surface area contributed by atoms with Crippen molar-refractivity contribution in [1.82, 2.24) is 0 Å². The first-order valence-corrected chi connectivity index (χ1v) is 5.62. The molecule has 0 amide bonds. The van der Waals surface area contributed by atoms with E-state index in [0.717, 1.165) is 12.8 Å². The van der Waals surface area contributed by atoms with Crippen molar-refractivity contribution >= 4 is 0 Å². The Balaban J connectivity index is 2.05. The second kappa shape index (κ2) is 4.14. The average molecular weight is 189 g/mol. The van der Waals surface area contributed by atoms with Gasteiger partial charge in [0, 0.05) is 6.04 Å². The average Bonchev–Trinajstić information content (AvgIpc) is 2.61. The van der Waals surface area contributed by atoms with Gasteiger partial charge in [-0.2, -0.15) is 0 Å². The maximum Gasteiger partial charge on any atom is 0.00136 e. The summed E-state index contributed by atoms with van der Waals surface area (Å²) in [5.41, 5.74) is 10.4. The highest BCUT2D eigenvalue weighted by Crippen LogP contribution is 2.23. The normalized spacial score (nSPS) is 16.7. The third-order valence-electron chi connectivity index (χ3n) is 3.05. The Morgan fingerprint density at radius 2 is 2.07 bits per heavy atom. The Morgan fingerprint density at radius 3 is 2.86 bits per heavy atom. The van der Waals surface area contributed by atoms with Crippen LogP contribution in [0.1, 0.15) is 36.5 Å². The molecule has 76 valence electrons. The summed E-state index contributed by atoms with van der Waals surface area (Å²) in [5, 5.41) is 0. The van der Waals surface area contributed by atoms with E-state index < -0.39 is 0 Å². The van der Waals surface area contributed by atoms with Gasteiger partial charge in [0.1, 0.15) is 0 Å². The third kappa shape index (κ3) is 2.16. The molecule has 0 spiro atoms. The van der Waals surface area contributed by atoms with Crippen LogP contribution in [0.25, 0.3) is 0 Å². The first-order chi connectivity index (χ1) is 6.75. The lowest BCUT2D eigenvalue weighted by Crippen LogP contribution is -2.15. The second-order valence-electron chi connectivity index (χ2n) is 4.47. The Hall–Kier alpha value is -0.820. The van der Waals surface area contributed by atoms with Gasteiger partial charge in [-0.25, -0.2) is 0 Å². The molecule has 1 aromatic rings. The monoisotopic (exact) mass is 189 g/mol. The number of benzene rings is 1. The minimum absolute atomic E-state index is 0.322. The summed E-state index contributed by atoms with van der Waals surface area (Å²) >= 11 is 0. The van der Waals surface area contributed by atoms with Gasteiger partial charge in [0.25, 0.3) is 0 Å². The first kappa shape index (κ1) is 9.72. The van der Waals surface area contributed by atoms with E-state index in [1.165, 1.54) is 24.8 Å². The van der Waals surface area contributed by atoms with Crippen molar-refractivity contribution in [2.75, 3.05) is 0 Å². The zero-order chi connectivity index (χ0) is 9.97. The highest BCUT2D eigenvalue weighted by Gasteiger charge is 2.10. The molecule has 0 aliphatic heterocycles. The van der Waals surface area contributed by atoms with Crippen LogP contribution in [0.2, 0.25) is 0 Å². The number of fused-ring (bicyclic) bond motifs is 1. The van der Waals surface area contributed by atoms with Crippen LogP contribution < -0.4 is 5.73 Å². The van der Waals surface area contributed by atoms with E-state index in [9.17, 15) is 0 Å². The zero-order valence-corrected chi connectivity index (χ0v) is 8.92. The standard InChI is InChI=1S/C13H19N/c1-10(14)5-6-11-7-8-12-3-2-4-13(12)9-11/h7-10H,2-6,14H2,1H3. The molecule has 1 aromatic carbocycles. The van der Waals surface area contributed by atoms with Crippen LogP contribution in [-0.2, 0) is 19.3 Å². The lowest BCUT2D eigenvalue weighted by molar-refractivity contribution is 0.666. The van der Waals surface area contributed by atoms with Crippen LogP contribution in [-0.4, -0.2) is 6.04 Å². The van der Waals surface area contributed by atoms with E-state index in [2.05, 4.69) is 25.1 Å². The van der Waals surface area contributed by atoms with Crippen molar-refractivity contribution in [3.8, 4) is 0 Å². The molecule has 0 saturated heterocycles. The molecule has 0 aromatic heterocycles. The molecule has 2 rings (SSSR count). The van der Waals surface area contributed by atoms with Gasteiger partial charge in [0.05, 0.1) is 0 Å². The summed E-state index contributed by atoms with van der Waals surface area (Å²) in [7, 11) is 0. The van der Waals surface area contributed by atoms with Crippen molar-refractivity contribution in [2.45, 2.75) is 45.1 Å². The fourth-order valence-corrected chi connectivity index (χ4v) is 2.18. The molecule has 1 aliphatic carbocycles. The molecule has 1 atom stereocenters. The fourth-order valence-electron chi connectivity index (χ4n) is 2.18. The van der Waals surface area contributed by atoms with E-state index in [1.54, 1.807) is 11.1 Å². The molecule has 0 radical (unpaired) electrons. The molecule has 1 nitrogen and oxygen atoms in total. The second-order valence-corrected chi connectivity index (χ2v) is 4.47. The summed E-state index contributed by atoms with van der Waals surface area (Å²) in [6, 6.07) is 7.28. The van der Waals surface area contributed by atoms with Gasteiger partial charge in [-0.1, -0.05) is 18.2 Å². The van der Waals surface area contributed by atoms with Gasteiger partial charge in [0.2, 0.25) is 0 Å². The largest absolute Gasteiger partial charge is 0.328 e. The Morgan fingerprint density at radius 1 is 1.29 bits per heavy atom. The van der Waals surface area contributed by atoms with Crippen LogP contribution >= 0.6 is 0 Å². The number of nitrogens with two attached hydrogens (primary N) is 1. The number of hydrogen-bond donors (Lipinski definition) is 1. The highest BCUT2D eigenvalue weighted by molar-refractivity contribution is 5.35. The first-order valence-electron chi connectivity index (χ1n) is 5.62. The van der Waals surface area contributed by atoms with Crippen molar-refractivity contribution in [1.29, 1.82) is 0 Å². The predicted molar refractivity (Wildman–Crippen MR) is 60.4 cm³/mol. The quantitative estimate of drug-likeness (QED) is 0.776. The third-order valence-corrected chi connectivity index (χ3v) is 3.05. The van der Waals surface area contributed by atoms with Crippen molar-refractivity contribution in [2.24, 2.45) is 5.73 Å². The van der Waals surface area contributed by atoms with Crippen molar-refractivity contribution < 1.29 is 0 Å². The lowest BCUT2D eigenvalue weighted by Gasteiger charge is -2.07. The van der Waals surface area contributed by atoms with Gasteiger partial charge in [-0.3, -0.25) is 0 Å². The molecule has 2 N–H and O–H groups in total. The SMILES string of the molecule is CC(N)CCc1ccc2c(c1)CCC2. The summed E-state index contributed by atoms with van der Waals surface area (Å²) in [4.78, 5) is 0. The van der Waals surface area contributed by atoms with Crippen LogP contribution in [0.5, 0.6) is 0 Å². The van der Waals surface area contributed by atoms with Gasteiger partial charge >= 0.3 is 0 Å².